The van der Waals surface area contributed by atoms with E-state index in [1.165, 1.54) is 11.8 Å². The number of pyridine rings is 1. The molecule has 1 atom stereocenters. The molecular weight excluding hydrogens is 386 g/mol. The fourth-order valence-electron chi connectivity index (χ4n) is 2.68. The van der Waals surface area contributed by atoms with Crippen LogP contribution in [0.5, 0.6) is 5.75 Å². The van der Waals surface area contributed by atoms with E-state index < -0.39 is 0 Å². The van der Waals surface area contributed by atoms with Gasteiger partial charge in [-0.3, -0.25) is 14.3 Å². The van der Waals surface area contributed by atoms with E-state index in [-0.39, 0.29) is 11.2 Å². The van der Waals surface area contributed by atoms with E-state index in [1.54, 1.807) is 18.5 Å². The van der Waals surface area contributed by atoms with Crippen molar-refractivity contribution in [3.8, 4) is 17.1 Å². The average molecular weight is 410 g/mol. The second kappa shape index (κ2) is 9.88. The van der Waals surface area contributed by atoms with Crippen molar-refractivity contribution in [1.82, 2.24) is 19.7 Å². The first-order valence-electron chi connectivity index (χ1n) is 9.27. The third-order valence-electron chi connectivity index (χ3n) is 4.04. The molecule has 0 unspecified atom stereocenters. The smallest absolute Gasteiger partial charge is 0.237 e. The van der Waals surface area contributed by atoms with Gasteiger partial charge >= 0.3 is 0 Å². The van der Waals surface area contributed by atoms with Gasteiger partial charge in [-0.05, 0) is 38.1 Å². The number of thioether (sulfide) groups is 1. The lowest BCUT2D eigenvalue weighted by Crippen LogP contribution is -2.23. The fourth-order valence-corrected chi connectivity index (χ4v) is 3.53. The van der Waals surface area contributed by atoms with Crippen LogP contribution in [0, 0.1) is 0 Å². The molecule has 0 saturated heterocycles. The summed E-state index contributed by atoms with van der Waals surface area (Å²) in [5, 5.41) is 11.8. The van der Waals surface area contributed by atoms with E-state index in [0.717, 1.165) is 5.56 Å². The Hall–Kier alpha value is -3.13. The number of amides is 1. The molecule has 3 rings (SSSR count). The Labute approximate surface area is 174 Å². The van der Waals surface area contributed by atoms with Crippen molar-refractivity contribution in [1.29, 1.82) is 0 Å². The van der Waals surface area contributed by atoms with Gasteiger partial charge in [-0.2, -0.15) is 0 Å². The predicted molar refractivity (Wildman–Crippen MR) is 115 cm³/mol. The number of nitrogens with zero attached hydrogens (tertiary/aromatic N) is 4. The minimum atomic E-state index is -0.390. The lowest BCUT2D eigenvalue weighted by atomic mass is 10.3. The van der Waals surface area contributed by atoms with E-state index in [1.807, 2.05) is 54.8 Å². The van der Waals surface area contributed by atoms with Gasteiger partial charge in [0.15, 0.2) is 11.0 Å². The Morgan fingerprint density at radius 2 is 2.14 bits per heavy atom. The Bertz CT molecular complexity index is 974. The fraction of sp³-hybridized carbons (Fsp3) is 0.238. The number of para-hydroxylation sites is 2. The number of benzene rings is 1. The highest BCUT2D eigenvalue weighted by atomic mass is 32.2. The molecule has 0 saturated carbocycles. The van der Waals surface area contributed by atoms with E-state index >= 15 is 0 Å². The van der Waals surface area contributed by atoms with Crippen LogP contribution >= 0.6 is 11.8 Å². The quantitative estimate of drug-likeness (QED) is 0.424. The van der Waals surface area contributed by atoms with Crippen LogP contribution in [0.3, 0.4) is 0 Å². The molecule has 29 heavy (non-hydrogen) atoms. The third-order valence-corrected chi connectivity index (χ3v) is 5.12. The van der Waals surface area contributed by atoms with Gasteiger partial charge < -0.3 is 10.1 Å². The van der Waals surface area contributed by atoms with Gasteiger partial charge in [-0.1, -0.05) is 30.0 Å². The van der Waals surface area contributed by atoms with Gasteiger partial charge in [0.25, 0.3) is 0 Å². The molecule has 0 bridgehead atoms. The number of aromatic nitrogens is 4. The largest absolute Gasteiger partial charge is 0.492 e. The van der Waals surface area contributed by atoms with Crippen LogP contribution in [-0.4, -0.2) is 37.5 Å². The van der Waals surface area contributed by atoms with Gasteiger partial charge in [0, 0.05) is 24.5 Å². The first-order chi connectivity index (χ1) is 14.1. The summed E-state index contributed by atoms with van der Waals surface area (Å²) in [6, 6.07) is 11.2. The molecule has 8 heteroatoms. The number of hydrogen-bond acceptors (Lipinski definition) is 6. The molecular formula is C21H23N5O2S. The Morgan fingerprint density at radius 3 is 2.86 bits per heavy atom. The Kier molecular flexibility index (Phi) is 7.02. The van der Waals surface area contributed by atoms with Crippen molar-refractivity contribution >= 4 is 23.4 Å². The van der Waals surface area contributed by atoms with Crippen LogP contribution in [0.1, 0.15) is 13.8 Å². The van der Waals surface area contributed by atoms with Crippen molar-refractivity contribution in [2.45, 2.75) is 30.8 Å². The molecule has 1 aromatic carbocycles. The van der Waals surface area contributed by atoms with E-state index in [2.05, 4.69) is 27.1 Å². The average Bonchev–Trinajstić information content (AvgIpc) is 3.13. The summed E-state index contributed by atoms with van der Waals surface area (Å²) in [6.07, 6.45) is 5.22. The van der Waals surface area contributed by atoms with Crippen LogP contribution < -0.4 is 10.1 Å². The third kappa shape index (κ3) is 5.03. The topological polar surface area (TPSA) is 81.9 Å². The molecule has 2 heterocycles. The number of anilines is 1. The summed E-state index contributed by atoms with van der Waals surface area (Å²) >= 11 is 1.34. The molecule has 0 radical (unpaired) electrons. The van der Waals surface area contributed by atoms with Crippen molar-refractivity contribution in [2.24, 2.45) is 0 Å². The summed E-state index contributed by atoms with van der Waals surface area (Å²) < 4.78 is 7.50. The summed E-state index contributed by atoms with van der Waals surface area (Å²) in [6.45, 7) is 8.61. The van der Waals surface area contributed by atoms with Gasteiger partial charge in [-0.25, -0.2) is 0 Å². The zero-order valence-electron chi connectivity index (χ0n) is 16.4. The lowest BCUT2D eigenvalue weighted by molar-refractivity contribution is -0.115. The van der Waals surface area contributed by atoms with Crippen molar-refractivity contribution in [3.63, 3.8) is 0 Å². The summed E-state index contributed by atoms with van der Waals surface area (Å²) in [5.41, 5.74) is 1.51. The number of ether oxygens (including phenoxy) is 1. The Morgan fingerprint density at radius 1 is 1.31 bits per heavy atom. The van der Waals surface area contributed by atoms with E-state index in [9.17, 15) is 4.79 Å². The maximum absolute atomic E-state index is 12.7. The molecule has 1 N–H and O–H groups in total. The minimum absolute atomic E-state index is 0.141. The molecule has 0 fully saturated rings. The van der Waals surface area contributed by atoms with E-state index in [0.29, 0.717) is 35.6 Å². The molecule has 1 amide bonds. The highest BCUT2D eigenvalue weighted by Crippen LogP contribution is 2.29. The van der Waals surface area contributed by atoms with Crippen LogP contribution in [0.25, 0.3) is 11.4 Å². The number of carbonyl (C=O) groups excluding carboxylic acids is 1. The monoisotopic (exact) mass is 409 g/mol. The normalized spacial score (nSPS) is 11.7. The first-order valence-corrected chi connectivity index (χ1v) is 10.2. The molecule has 0 aliphatic rings. The Balaban J connectivity index is 1.77. The van der Waals surface area contributed by atoms with Crippen LogP contribution in [0.2, 0.25) is 0 Å². The number of carbonyl (C=O) groups is 1. The molecule has 150 valence electrons. The zero-order valence-corrected chi connectivity index (χ0v) is 17.2. The van der Waals surface area contributed by atoms with Gasteiger partial charge in [0.2, 0.25) is 5.91 Å². The van der Waals surface area contributed by atoms with Crippen LogP contribution in [-0.2, 0) is 11.3 Å². The van der Waals surface area contributed by atoms with Gasteiger partial charge in [0.1, 0.15) is 5.75 Å². The second-order valence-electron chi connectivity index (χ2n) is 6.13. The standard InChI is InChI=1S/C21H23N5O2S/c1-4-13-26-19(16-9-8-12-22-14-16)24-25-21(26)29-15(3)20(27)23-17-10-6-7-11-18(17)28-5-2/h4,6-12,14-15H,1,5,13H2,2-3H3,(H,23,27)/t15-/m1/s1. The number of nitrogens with one attached hydrogen (secondary N) is 1. The number of hydrogen-bond donors (Lipinski definition) is 1. The SMILES string of the molecule is C=CCn1c(S[C@H](C)C(=O)Nc2ccccc2OCC)nnc1-c1cccnc1. The minimum Gasteiger partial charge on any atom is -0.492 e. The second-order valence-corrected chi connectivity index (χ2v) is 7.43. The van der Waals surface area contributed by atoms with Crippen molar-refractivity contribution in [2.75, 3.05) is 11.9 Å². The number of allylic oxidation sites excluding steroid dienone is 1. The van der Waals surface area contributed by atoms with E-state index in [4.69, 9.17) is 4.74 Å². The summed E-state index contributed by atoms with van der Waals surface area (Å²) in [4.78, 5) is 16.9. The molecule has 2 aromatic heterocycles. The maximum Gasteiger partial charge on any atom is 0.237 e. The van der Waals surface area contributed by atoms with Crippen molar-refractivity contribution in [3.05, 3.63) is 61.4 Å². The molecule has 0 aliphatic heterocycles. The maximum atomic E-state index is 12.7. The molecule has 7 nitrogen and oxygen atoms in total. The lowest BCUT2D eigenvalue weighted by Gasteiger charge is -2.15. The summed E-state index contributed by atoms with van der Waals surface area (Å²) in [5.74, 6) is 1.20. The van der Waals surface area contributed by atoms with Gasteiger partial charge in [0.05, 0.1) is 17.5 Å². The molecule has 3 aromatic rings. The van der Waals surface area contributed by atoms with Crippen molar-refractivity contribution < 1.29 is 9.53 Å². The van der Waals surface area contributed by atoms with Crippen LogP contribution in [0.4, 0.5) is 5.69 Å². The molecule has 0 aliphatic carbocycles. The zero-order chi connectivity index (χ0) is 20.6. The first kappa shape index (κ1) is 20.6. The predicted octanol–water partition coefficient (Wildman–Crippen LogP) is 4.04. The number of rotatable bonds is 9. The highest BCUT2D eigenvalue weighted by Gasteiger charge is 2.21. The highest BCUT2D eigenvalue weighted by molar-refractivity contribution is 8.00. The summed E-state index contributed by atoms with van der Waals surface area (Å²) in [7, 11) is 0. The molecule has 0 spiro atoms. The van der Waals surface area contributed by atoms with Crippen LogP contribution in [0.15, 0.2) is 66.6 Å². The van der Waals surface area contributed by atoms with Gasteiger partial charge in [-0.15, -0.1) is 16.8 Å².